The van der Waals surface area contributed by atoms with Gasteiger partial charge in [-0.05, 0) is 33.3 Å². The maximum atomic E-state index is 12.6. The fourth-order valence-corrected chi connectivity index (χ4v) is 3.53. The molecule has 1 atom stereocenters. The molecule has 1 amide bonds. The number of carbonyl (C=O) groups excluding carboxylic acids is 1. The Hall–Kier alpha value is -2.81. The standard InChI is InChI=1S/C18H23N7OS/c1-10-8-6-7-9-14(10)16-21-22-18(25(16)19)27-13(4)17(26)20-15-11(2)23-24(5)12(15)3/h6-9,13H,19H2,1-5H3,(H,20,26)/t13-/m1/s1. The highest BCUT2D eigenvalue weighted by molar-refractivity contribution is 8.00. The molecule has 0 radical (unpaired) electrons. The van der Waals surface area contributed by atoms with E-state index in [0.29, 0.717) is 11.0 Å². The monoisotopic (exact) mass is 385 g/mol. The Kier molecular flexibility index (Phi) is 5.22. The van der Waals surface area contributed by atoms with Crippen LogP contribution in [0.3, 0.4) is 0 Å². The van der Waals surface area contributed by atoms with Gasteiger partial charge >= 0.3 is 0 Å². The molecular formula is C18H23N7OS. The number of hydrogen-bond donors (Lipinski definition) is 2. The van der Waals surface area contributed by atoms with Crippen molar-refractivity contribution in [3.8, 4) is 11.4 Å². The average molecular weight is 385 g/mol. The average Bonchev–Trinajstić information content (AvgIpc) is 3.10. The molecule has 2 aromatic heterocycles. The third-order valence-corrected chi connectivity index (χ3v) is 5.52. The molecule has 0 bridgehead atoms. The lowest BCUT2D eigenvalue weighted by molar-refractivity contribution is -0.115. The maximum Gasteiger partial charge on any atom is 0.237 e. The third-order valence-electron chi connectivity index (χ3n) is 4.46. The molecule has 0 aliphatic rings. The van der Waals surface area contributed by atoms with Crippen molar-refractivity contribution in [2.45, 2.75) is 38.1 Å². The normalized spacial score (nSPS) is 12.2. The van der Waals surface area contributed by atoms with Gasteiger partial charge in [0.05, 0.1) is 22.3 Å². The molecule has 0 aliphatic heterocycles. The van der Waals surface area contributed by atoms with Gasteiger partial charge in [-0.1, -0.05) is 36.0 Å². The number of aryl methyl sites for hydroxylation is 3. The Morgan fingerprint density at radius 1 is 1.22 bits per heavy atom. The molecule has 3 N–H and O–H groups in total. The minimum Gasteiger partial charge on any atom is -0.335 e. The predicted molar refractivity (Wildman–Crippen MR) is 107 cm³/mol. The number of nitrogens with two attached hydrogens (primary N) is 1. The lowest BCUT2D eigenvalue weighted by Gasteiger charge is -2.12. The molecule has 0 spiro atoms. The molecule has 1 aromatic carbocycles. The van der Waals surface area contributed by atoms with Crippen molar-refractivity contribution in [3.05, 3.63) is 41.2 Å². The minimum atomic E-state index is -0.403. The highest BCUT2D eigenvalue weighted by Crippen LogP contribution is 2.27. The van der Waals surface area contributed by atoms with Crippen LogP contribution < -0.4 is 11.2 Å². The number of anilines is 1. The summed E-state index contributed by atoms with van der Waals surface area (Å²) in [5.74, 6) is 6.61. The molecule has 2 heterocycles. The zero-order chi connectivity index (χ0) is 19.7. The molecule has 3 aromatic rings. The largest absolute Gasteiger partial charge is 0.335 e. The molecule has 0 aliphatic carbocycles. The van der Waals surface area contributed by atoms with E-state index in [2.05, 4.69) is 20.6 Å². The topological polar surface area (TPSA) is 104 Å². The van der Waals surface area contributed by atoms with E-state index in [1.807, 2.05) is 59.0 Å². The van der Waals surface area contributed by atoms with Crippen LogP contribution >= 0.6 is 11.8 Å². The Morgan fingerprint density at radius 3 is 2.56 bits per heavy atom. The van der Waals surface area contributed by atoms with Gasteiger partial charge < -0.3 is 11.2 Å². The number of nitrogens with one attached hydrogen (secondary N) is 1. The quantitative estimate of drug-likeness (QED) is 0.516. The van der Waals surface area contributed by atoms with Crippen LogP contribution in [0.2, 0.25) is 0 Å². The molecule has 0 saturated carbocycles. The van der Waals surface area contributed by atoms with E-state index in [1.165, 1.54) is 16.4 Å². The number of rotatable bonds is 5. The van der Waals surface area contributed by atoms with Crippen LogP contribution in [-0.4, -0.2) is 35.8 Å². The van der Waals surface area contributed by atoms with Crippen molar-refractivity contribution in [2.24, 2.45) is 7.05 Å². The second kappa shape index (κ2) is 7.43. The van der Waals surface area contributed by atoms with E-state index < -0.39 is 5.25 Å². The number of nitrogen functional groups attached to an aromatic ring is 1. The van der Waals surface area contributed by atoms with Crippen LogP contribution in [0.1, 0.15) is 23.9 Å². The molecule has 8 nitrogen and oxygen atoms in total. The van der Waals surface area contributed by atoms with E-state index in [-0.39, 0.29) is 5.91 Å². The van der Waals surface area contributed by atoms with Crippen molar-refractivity contribution in [1.29, 1.82) is 0 Å². The fourth-order valence-electron chi connectivity index (χ4n) is 2.76. The summed E-state index contributed by atoms with van der Waals surface area (Å²) in [4.78, 5) is 12.6. The van der Waals surface area contributed by atoms with E-state index >= 15 is 0 Å². The number of aromatic nitrogens is 5. The van der Waals surface area contributed by atoms with Gasteiger partial charge in [0.2, 0.25) is 11.1 Å². The smallest absolute Gasteiger partial charge is 0.237 e. The van der Waals surface area contributed by atoms with Gasteiger partial charge in [-0.15, -0.1) is 10.2 Å². The fraction of sp³-hybridized carbons (Fsp3) is 0.333. The van der Waals surface area contributed by atoms with Gasteiger partial charge in [-0.3, -0.25) is 9.48 Å². The molecule has 9 heteroatoms. The molecule has 0 saturated heterocycles. The molecule has 142 valence electrons. The number of carbonyl (C=O) groups is 1. The first-order valence-electron chi connectivity index (χ1n) is 8.53. The van der Waals surface area contributed by atoms with Crippen molar-refractivity contribution in [1.82, 2.24) is 24.7 Å². The van der Waals surface area contributed by atoms with Gasteiger partial charge in [0, 0.05) is 12.6 Å². The SMILES string of the molecule is Cc1ccccc1-c1nnc(S[C@H](C)C(=O)Nc2c(C)nn(C)c2C)n1N. The zero-order valence-corrected chi connectivity index (χ0v) is 16.8. The molecule has 0 fully saturated rings. The van der Waals surface area contributed by atoms with Gasteiger partial charge in [-0.2, -0.15) is 5.10 Å². The van der Waals surface area contributed by atoms with Gasteiger partial charge in [0.25, 0.3) is 0 Å². The van der Waals surface area contributed by atoms with Crippen molar-refractivity contribution >= 4 is 23.4 Å². The second-order valence-corrected chi connectivity index (χ2v) is 7.72. The number of amides is 1. The van der Waals surface area contributed by atoms with Crippen molar-refractivity contribution in [3.63, 3.8) is 0 Å². The van der Waals surface area contributed by atoms with Gasteiger partial charge in [0.15, 0.2) is 5.82 Å². The van der Waals surface area contributed by atoms with Crippen LogP contribution in [0.4, 0.5) is 5.69 Å². The summed E-state index contributed by atoms with van der Waals surface area (Å²) in [7, 11) is 1.85. The van der Waals surface area contributed by atoms with Crippen LogP contribution in [0.15, 0.2) is 29.4 Å². The first kappa shape index (κ1) is 19.0. The van der Waals surface area contributed by atoms with Crippen molar-refractivity contribution in [2.75, 3.05) is 11.2 Å². The number of nitrogens with zero attached hydrogens (tertiary/aromatic N) is 5. The maximum absolute atomic E-state index is 12.6. The van der Waals surface area contributed by atoms with E-state index in [9.17, 15) is 4.79 Å². The van der Waals surface area contributed by atoms with E-state index in [1.54, 1.807) is 4.68 Å². The van der Waals surface area contributed by atoms with Gasteiger partial charge in [0.1, 0.15) is 0 Å². The first-order chi connectivity index (χ1) is 12.8. The highest BCUT2D eigenvalue weighted by atomic mass is 32.2. The van der Waals surface area contributed by atoms with Crippen LogP contribution in [0, 0.1) is 20.8 Å². The van der Waals surface area contributed by atoms with Crippen LogP contribution in [0.5, 0.6) is 0 Å². The van der Waals surface area contributed by atoms with Crippen molar-refractivity contribution < 1.29 is 4.79 Å². The van der Waals surface area contributed by atoms with E-state index in [0.717, 1.165) is 28.2 Å². The van der Waals surface area contributed by atoms with Crippen LogP contribution in [0.25, 0.3) is 11.4 Å². The highest BCUT2D eigenvalue weighted by Gasteiger charge is 2.22. The third kappa shape index (κ3) is 3.68. The zero-order valence-electron chi connectivity index (χ0n) is 16.0. The number of benzene rings is 1. The number of hydrogen-bond acceptors (Lipinski definition) is 6. The molecule has 27 heavy (non-hydrogen) atoms. The summed E-state index contributed by atoms with van der Waals surface area (Å²) < 4.78 is 3.17. The Morgan fingerprint density at radius 2 is 1.93 bits per heavy atom. The summed E-state index contributed by atoms with van der Waals surface area (Å²) in [6.45, 7) is 7.58. The Bertz CT molecular complexity index is 992. The molecule has 3 rings (SSSR count). The summed E-state index contributed by atoms with van der Waals surface area (Å²) in [6.07, 6.45) is 0. The Balaban J connectivity index is 1.76. The number of thioether (sulfide) groups is 1. The predicted octanol–water partition coefficient (Wildman–Crippen LogP) is 2.44. The summed E-state index contributed by atoms with van der Waals surface area (Å²) in [5.41, 5.74) is 4.40. The summed E-state index contributed by atoms with van der Waals surface area (Å²) >= 11 is 1.26. The first-order valence-corrected chi connectivity index (χ1v) is 9.41. The summed E-state index contributed by atoms with van der Waals surface area (Å²) in [6, 6.07) is 7.83. The lowest BCUT2D eigenvalue weighted by atomic mass is 10.1. The lowest BCUT2D eigenvalue weighted by Crippen LogP contribution is -2.24. The molecule has 0 unspecified atom stereocenters. The van der Waals surface area contributed by atoms with Gasteiger partial charge in [-0.25, -0.2) is 4.68 Å². The molecular weight excluding hydrogens is 362 g/mol. The van der Waals surface area contributed by atoms with E-state index in [4.69, 9.17) is 5.84 Å². The summed E-state index contributed by atoms with van der Waals surface area (Å²) in [5, 5.41) is 15.7. The minimum absolute atomic E-state index is 0.139. The Labute approximate surface area is 162 Å². The van der Waals surface area contributed by atoms with Crippen LogP contribution in [-0.2, 0) is 11.8 Å². The second-order valence-electron chi connectivity index (χ2n) is 6.41.